The lowest BCUT2D eigenvalue weighted by atomic mass is 9.79. The van der Waals surface area contributed by atoms with Crippen LogP contribution in [0, 0.1) is 5.92 Å². The van der Waals surface area contributed by atoms with Crippen LogP contribution in [0.2, 0.25) is 0 Å². The highest BCUT2D eigenvalue weighted by atomic mass is 32.1. The third-order valence-corrected chi connectivity index (χ3v) is 7.72. The van der Waals surface area contributed by atoms with Crippen molar-refractivity contribution in [1.82, 2.24) is 10.2 Å². The molecule has 1 amide bonds. The molecule has 4 saturated heterocycles. The van der Waals surface area contributed by atoms with E-state index in [1.807, 2.05) is 30.3 Å². The van der Waals surface area contributed by atoms with Crippen LogP contribution in [0.3, 0.4) is 0 Å². The number of amides is 1. The first-order valence-corrected chi connectivity index (χ1v) is 11.7. The maximum atomic E-state index is 12.8. The Labute approximate surface area is 181 Å². The third kappa shape index (κ3) is 4.06. The normalized spacial score (nSPS) is 28.4. The first-order chi connectivity index (χ1) is 14.7. The van der Waals surface area contributed by atoms with Gasteiger partial charge in [0.25, 0.3) is 5.91 Å². The van der Waals surface area contributed by atoms with E-state index in [1.165, 1.54) is 30.9 Å². The number of carbonyl (C=O) groups excluding carboxylic acids is 1. The van der Waals surface area contributed by atoms with Crippen LogP contribution in [0.1, 0.15) is 30.1 Å². The van der Waals surface area contributed by atoms with Gasteiger partial charge in [0.15, 0.2) is 5.06 Å². The highest BCUT2D eigenvalue weighted by Gasteiger charge is 2.40. The number of ether oxygens (including phenoxy) is 2. The summed E-state index contributed by atoms with van der Waals surface area (Å²) < 4.78 is 11.4. The second kappa shape index (κ2) is 8.57. The van der Waals surface area contributed by atoms with Gasteiger partial charge in [0, 0.05) is 30.7 Å². The Kier molecular flexibility index (Phi) is 5.67. The topological polar surface area (TPSA) is 54.0 Å². The van der Waals surface area contributed by atoms with Gasteiger partial charge in [0.05, 0.1) is 18.2 Å². The van der Waals surface area contributed by atoms with Gasteiger partial charge < -0.3 is 19.7 Å². The number of piperidine rings is 3. The average Bonchev–Trinajstić information content (AvgIpc) is 3.26. The first kappa shape index (κ1) is 19.8. The standard InChI is InChI=1S/C23H29N3O3S/c1-16-22(17-8-10-25(16)11-9-17)24-23(27)18-2-4-19(5-3-18)29-21-7-6-20(30-21)26-12-14-28-15-13-26/h2-7,16-17,22H,8-15H2,1H3,(H,24,27)/t16-,22-/m0/s1. The van der Waals surface area contributed by atoms with Crippen LogP contribution in [0.4, 0.5) is 5.00 Å². The molecule has 30 heavy (non-hydrogen) atoms. The molecule has 160 valence electrons. The average molecular weight is 428 g/mol. The van der Waals surface area contributed by atoms with Crippen molar-refractivity contribution < 1.29 is 14.3 Å². The molecule has 4 aliphatic rings. The van der Waals surface area contributed by atoms with Gasteiger partial charge in [-0.3, -0.25) is 9.69 Å². The number of benzene rings is 1. The van der Waals surface area contributed by atoms with E-state index in [9.17, 15) is 4.79 Å². The van der Waals surface area contributed by atoms with Crippen LogP contribution >= 0.6 is 11.3 Å². The van der Waals surface area contributed by atoms with Gasteiger partial charge in [-0.1, -0.05) is 11.3 Å². The molecule has 6 rings (SSSR count). The number of fused-ring (bicyclic) bond motifs is 3. The van der Waals surface area contributed by atoms with Crippen molar-refractivity contribution in [3.8, 4) is 10.8 Å². The van der Waals surface area contributed by atoms with Crippen LogP contribution in [-0.4, -0.2) is 62.3 Å². The van der Waals surface area contributed by atoms with Crippen LogP contribution in [0.25, 0.3) is 0 Å². The van der Waals surface area contributed by atoms with E-state index in [1.54, 1.807) is 11.3 Å². The van der Waals surface area contributed by atoms with Crippen molar-refractivity contribution in [1.29, 1.82) is 0 Å². The Balaban J connectivity index is 1.19. The molecule has 1 N–H and O–H groups in total. The minimum absolute atomic E-state index is 0.0119. The van der Waals surface area contributed by atoms with E-state index in [0.717, 1.165) is 37.1 Å². The number of hydrogen-bond donors (Lipinski definition) is 1. The molecule has 2 aromatic rings. The highest BCUT2D eigenvalue weighted by molar-refractivity contribution is 7.17. The monoisotopic (exact) mass is 427 g/mol. The Morgan fingerprint density at radius 1 is 1.07 bits per heavy atom. The van der Waals surface area contributed by atoms with Gasteiger partial charge in [-0.15, -0.1) is 0 Å². The van der Waals surface area contributed by atoms with Crippen LogP contribution in [0.15, 0.2) is 36.4 Å². The number of hydrogen-bond acceptors (Lipinski definition) is 6. The molecule has 0 radical (unpaired) electrons. The molecule has 4 fully saturated rings. The zero-order valence-electron chi connectivity index (χ0n) is 17.4. The number of carbonyl (C=O) groups is 1. The minimum Gasteiger partial charge on any atom is -0.447 e. The molecule has 2 atom stereocenters. The number of nitrogens with zero attached hydrogens (tertiary/aromatic N) is 2. The minimum atomic E-state index is 0.0119. The summed E-state index contributed by atoms with van der Waals surface area (Å²) in [6, 6.07) is 12.2. The molecular formula is C23H29N3O3S. The fourth-order valence-corrected chi connectivity index (χ4v) is 5.82. The summed E-state index contributed by atoms with van der Waals surface area (Å²) >= 11 is 1.64. The summed E-state index contributed by atoms with van der Waals surface area (Å²) in [5.74, 6) is 1.37. The Morgan fingerprint density at radius 3 is 2.50 bits per heavy atom. The van der Waals surface area contributed by atoms with Crippen molar-refractivity contribution >= 4 is 22.2 Å². The first-order valence-electron chi connectivity index (χ1n) is 10.9. The number of thiophene rings is 1. The van der Waals surface area contributed by atoms with Crippen molar-refractivity contribution in [2.45, 2.75) is 31.8 Å². The molecule has 1 aromatic carbocycles. The Morgan fingerprint density at radius 2 is 1.80 bits per heavy atom. The molecule has 0 saturated carbocycles. The third-order valence-electron chi connectivity index (χ3n) is 6.70. The fourth-order valence-electron chi connectivity index (χ4n) is 4.89. The molecular weight excluding hydrogens is 398 g/mol. The van der Waals surface area contributed by atoms with Crippen molar-refractivity contribution in [3.05, 3.63) is 42.0 Å². The quantitative estimate of drug-likeness (QED) is 0.790. The Bertz CT molecular complexity index is 868. The number of nitrogens with one attached hydrogen (secondary N) is 1. The van der Waals surface area contributed by atoms with E-state index in [2.05, 4.69) is 28.1 Å². The van der Waals surface area contributed by atoms with E-state index in [4.69, 9.17) is 9.47 Å². The summed E-state index contributed by atoms with van der Waals surface area (Å²) in [7, 11) is 0. The van der Waals surface area contributed by atoms with Crippen LogP contribution < -0.4 is 15.0 Å². The summed E-state index contributed by atoms with van der Waals surface area (Å²) in [5, 5.41) is 5.35. The molecule has 0 aliphatic carbocycles. The van der Waals surface area contributed by atoms with E-state index >= 15 is 0 Å². The maximum Gasteiger partial charge on any atom is 0.251 e. The van der Waals surface area contributed by atoms with Gasteiger partial charge in [0.1, 0.15) is 5.75 Å². The summed E-state index contributed by atoms with van der Waals surface area (Å²) in [4.78, 5) is 17.6. The molecule has 5 heterocycles. The smallest absolute Gasteiger partial charge is 0.251 e. The lowest BCUT2D eigenvalue weighted by Gasteiger charge is -2.49. The van der Waals surface area contributed by atoms with E-state index in [-0.39, 0.29) is 11.9 Å². The van der Waals surface area contributed by atoms with E-state index < -0.39 is 0 Å². The van der Waals surface area contributed by atoms with Crippen molar-refractivity contribution in [3.63, 3.8) is 0 Å². The number of rotatable bonds is 5. The van der Waals surface area contributed by atoms with Crippen molar-refractivity contribution in [2.24, 2.45) is 5.92 Å². The van der Waals surface area contributed by atoms with Gasteiger partial charge in [-0.05, 0) is 75.2 Å². The summed E-state index contributed by atoms with van der Waals surface area (Å²) in [5.41, 5.74) is 0.686. The Hall–Kier alpha value is -2.09. The van der Waals surface area contributed by atoms with Gasteiger partial charge in [-0.2, -0.15) is 0 Å². The zero-order valence-corrected chi connectivity index (χ0v) is 18.2. The summed E-state index contributed by atoms with van der Waals surface area (Å²) in [6.45, 7) is 7.95. The van der Waals surface area contributed by atoms with Crippen LogP contribution in [-0.2, 0) is 4.74 Å². The second-order valence-electron chi connectivity index (χ2n) is 8.43. The highest BCUT2D eigenvalue weighted by Crippen LogP contribution is 2.35. The molecule has 7 heteroatoms. The molecule has 4 aliphatic heterocycles. The van der Waals surface area contributed by atoms with Gasteiger partial charge in [-0.25, -0.2) is 0 Å². The van der Waals surface area contributed by atoms with Crippen molar-refractivity contribution in [2.75, 3.05) is 44.3 Å². The van der Waals surface area contributed by atoms with Crippen LogP contribution in [0.5, 0.6) is 10.8 Å². The predicted molar refractivity (Wildman–Crippen MR) is 119 cm³/mol. The fraction of sp³-hybridized carbons (Fsp3) is 0.522. The van der Waals surface area contributed by atoms with Gasteiger partial charge in [0.2, 0.25) is 0 Å². The lowest BCUT2D eigenvalue weighted by Crippen LogP contribution is -2.62. The summed E-state index contributed by atoms with van der Waals surface area (Å²) in [6.07, 6.45) is 2.38. The lowest BCUT2D eigenvalue weighted by molar-refractivity contribution is 0.0217. The zero-order chi connectivity index (χ0) is 20.5. The SMILES string of the molecule is C[C@H]1[C@H](NC(=O)c2ccc(Oc3ccc(N4CCOCC4)s3)cc2)C2CCN1CC2. The predicted octanol–water partition coefficient (Wildman–Crippen LogP) is 3.59. The molecule has 6 nitrogen and oxygen atoms in total. The molecule has 2 bridgehead atoms. The number of anilines is 1. The second-order valence-corrected chi connectivity index (χ2v) is 9.46. The van der Waals surface area contributed by atoms with E-state index in [0.29, 0.717) is 17.5 Å². The molecule has 1 aromatic heterocycles. The molecule has 0 unspecified atom stereocenters. The largest absolute Gasteiger partial charge is 0.447 e. The van der Waals surface area contributed by atoms with Gasteiger partial charge >= 0.3 is 0 Å². The maximum absolute atomic E-state index is 12.8. The number of morpholine rings is 1. The molecule has 0 spiro atoms.